The van der Waals surface area contributed by atoms with Crippen LogP contribution < -0.4 is 10.2 Å². The maximum atomic E-state index is 12.9. The molecule has 0 aliphatic carbocycles. The molecule has 1 N–H and O–H groups in total. The molecular formula is C22H22N4O2. The first-order valence-electron chi connectivity index (χ1n) is 9.31. The van der Waals surface area contributed by atoms with E-state index >= 15 is 0 Å². The molecule has 0 bridgehead atoms. The summed E-state index contributed by atoms with van der Waals surface area (Å²) in [5.41, 5.74) is 3.64. The van der Waals surface area contributed by atoms with Crippen LogP contribution in [0.1, 0.15) is 17.7 Å². The smallest absolute Gasteiger partial charge is 0.230 e. The first kappa shape index (κ1) is 18.0. The average molecular weight is 374 g/mol. The average Bonchev–Trinajstić information content (AvgIpc) is 3.26. The number of amides is 2. The normalized spacial score (nSPS) is 16.4. The summed E-state index contributed by atoms with van der Waals surface area (Å²) < 4.78 is 1.71. The number of nitrogens with zero attached hydrogens (tertiary/aromatic N) is 3. The van der Waals surface area contributed by atoms with Crippen molar-refractivity contribution in [3.63, 3.8) is 0 Å². The third kappa shape index (κ3) is 3.53. The van der Waals surface area contributed by atoms with Crippen molar-refractivity contribution in [3.05, 3.63) is 71.9 Å². The van der Waals surface area contributed by atoms with Crippen molar-refractivity contribution in [2.75, 3.05) is 16.8 Å². The molecule has 2 heterocycles. The molecule has 0 saturated carbocycles. The SMILES string of the molecule is Cc1ccc(N2CC(C(=O)Nc3cc(C)nn3-c3ccccc3)CC2=O)cc1. The zero-order valence-electron chi connectivity index (χ0n) is 15.9. The molecule has 28 heavy (non-hydrogen) atoms. The van der Waals surface area contributed by atoms with Gasteiger partial charge in [0.15, 0.2) is 0 Å². The van der Waals surface area contributed by atoms with Gasteiger partial charge >= 0.3 is 0 Å². The Morgan fingerprint density at radius 3 is 2.46 bits per heavy atom. The molecule has 1 aliphatic rings. The number of aryl methyl sites for hydroxylation is 2. The molecule has 1 aliphatic heterocycles. The predicted molar refractivity (Wildman–Crippen MR) is 109 cm³/mol. The lowest BCUT2D eigenvalue weighted by molar-refractivity contribution is -0.122. The molecule has 0 spiro atoms. The van der Waals surface area contributed by atoms with Crippen molar-refractivity contribution in [2.45, 2.75) is 20.3 Å². The van der Waals surface area contributed by atoms with Crippen LogP contribution in [-0.4, -0.2) is 28.1 Å². The van der Waals surface area contributed by atoms with Crippen molar-refractivity contribution in [2.24, 2.45) is 5.92 Å². The van der Waals surface area contributed by atoms with E-state index in [0.29, 0.717) is 12.4 Å². The predicted octanol–water partition coefficient (Wildman–Crippen LogP) is 3.48. The molecule has 1 aromatic heterocycles. The molecule has 1 fully saturated rings. The lowest BCUT2D eigenvalue weighted by Gasteiger charge is -2.17. The first-order valence-corrected chi connectivity index (χ1v) is 9.31. The number of para-hydroxylation sites is 1. The fourth-order valence-electron chi connectivity index (χ4n) is 3.44. The second-order valence-corrected chi connectivity index (χ2v) is 7.15. The van der Waals surface area contributed by atoms with Crippen LogP contribution >= 0.6 is 0 Å². The second kappa shape index (κ2) is 7.31. The summed E-state index contributed by atoms with van der Waals surface area (Å²) in [6.45, 7) is 4.27. The van der Waals surface area contributed by atoms with E-state index in [0.717, 1.165) is 22.6 Å². The number of hydrogen-bond donors (Lipinski definition) is 1. The highest BCUT2D eigenvalue weighted by Gasteiger charge is 2.35. The van der Waals surface area contributed by atoms with Crippen molar-refractivity contribution < 1.29 is 9.59 Å². The van der Waals surface area contributed by atoms with E-state index in [4.69, 9.17) is 0 Å². The number of aromatic nitrogens is 2. The fraction of sp³-hybridized carbons (Fsp3) is 0.227. The van der Waals surface area contributed by atoms with Gasteiger partial charge in [0, 0.05) is 24.7 Å². The van der Waals surface area contributed by atoms with Gasteiger partial charge in [0.1, 0.15) is 5.82 Å². The topological polar surface area (TPSA) is 67.2 Å². The zero-order valence-corrected chi connectivity index (χ0v) is 15.9. The summed E-state index contributed by atoms with van der Waals surface area (Å²) in [4.78, 5) is 27.0. The van der Waals surface area contributed by atoms with E-state index in [9.17, 15) is 9.59 Å². The first-order chi connectivity index (χ1) is 13.5. The van der Waals surface area contributed by atoms with E-state index in [-0.39, 0.29) is 18.2 Å². The molecule has 6 heteroatoms. The van der Waals surface area contributed by atoms with Gasteiger partial charge in [-0.1, -0.05) is 35.9 Å². The molecule has 4 rings (SSSR count). The van der Waals surface area contributed by atoms with Gasteiger partial charge in [0.2, 0.25) is 11.8 Å². The molecule has 1 saturated heterocycles. The highest BCUT2D eigenvalue weighted by Crippen LogP contribution is 2.27. The van der Waals surface area contributed by atoms with Crippen molar-refractivity contribution in [1.82, 2.24) is 9.78 Å². The maximum absolute atomic E-state index is 12.9. The molecule has 1 atom stereocenters. The maximum Gasteiger partial charge on any atom is 0.230 e. The van der Waals surface area contributed by atoms with Gasteiger partial charge < -0.3 is 10.2 Å². The van der Waals surface area contributed by atoms with Gasteiger partial charge in [-0.15, -0.1) is 0 Å². The summed E-state index contributed by atoms with van der Waals surface area (Å²) >= 11 is 0. The minimum Gasteiger partial charge on any atom is -0.312 e. The second-order valence-electron chi connectivity index (χ2n) is 7.15. The van der Waals surface area contributed by atoms with E-state index in [1.807, 2.05) is 74.5 Å². The quantitative estimate of drug-likeness (QED) is 0.760. The van der Waals surface area contributed by atoms with Crippen LogP contribution in [0.2, 0.25) is 0 Å². The molecule has 3 aromatic rings. The van der Waals surface area contributed by atoms with E-state index in [1.54, 1.807) is 9.58 Å². The number of anilines is 2. The Kier molecular flexibility index (Phi) is 4.69. The highest BCUT2D eigenvalue weighted by atomic mass is 16.2. The summed E-state index contributed by atoms with van der Waals surface area (Å²) in [7, 11) is 0. The Labute approximate surface area is 163 Å². The molecule has 142 valence electrons. The number of carbonyl (C=O) groups is 2. The third-order valence-electron chi connectivity index (χ3n) is 4.93. The van der Waals surface area contributed by atoms with Crippen LogP contribution in [0.25, 0.3) is 5.69 Å². The largest absolute Gasteiger partial charge is 0.312 e. The molecular weight excluding hydrogens is 352 g/mol. The Morgan fingerprint density at radius 1 is 1.04 bits per heavy atom. The minimum atomic E-state index is -0.395. The van der Waals surface area contributed by atoms with Crippen LogP contribution in [0, 0.1) is 19.8 Å². The molecule has 6 nitrogen and oxygen atoms in total. The molecule has 0 radical (unpaired) electrons. The van der Waals surface area contributed by atoms with Crippen LogP contribution in [-0.2, 0) is 9.59 Å². The summed E-state index contributed by atoms with van der Waals surface area (Å²) in [6, 6.07) is 19.2. The molecule has 2 aromatic carbocycles. The summed E-state index contributed by atoms with van der Waals surface area (Å²) in [5.74, 6) is 0.0139. The van der Waals surface area contributed by atoms with Gasteiger partial charge in [-0.3, -0.25) is 9.59 Å². The van der Waals surface area contributed by atoms with Gasteiger partial charge in [0.25, 0.3) is 0 Å². The van der Waals surface area contributed by atoms with Gasteiger partial charge in [-0.25, -0.2) is 4.68 Å². The lowest BCUT2D eigenvalue weighted by atomic mass is 10.1. The standard InChI is InChI=1S/C22H22N4O2/c1-15-8-10-18(11-9-15)25-14-17(13-21(25)27)22(28)23-20-12-16(2)24-26(20)19-6-4-3-5-7-19/h3-12,17H,13-14H2,1-2H3,(H,23,28). The monoisotopic (exact) mass is 374 g/mol. The van der Waals surface area contributed by atoms with Crippen LogP contribution in [0.4, 0.5) is 11.5 Å². The van der Waals surface area contributed by atoms with Gasteiger partial charge in [0.05, 0.1) is 17.3 Å². The Morgan fingerprint density at radius 2 is 1.75 bits per heavy atom. The fourth-order valence-corrected chi connectivity index (χ4v) is 3.44. The van der Waals surface area contributed by atoms with Crippen LogP contribution in [0.15, 0.2) is 60.7 Å². The molecule has 2 amide bonds. The van der Waals surface area contributed by atoms with E-state index in [1.165, 1.54) is 0 Å². The number of benzene rings is 2. The Bertz CT molecular complexity index is 1010. The van der Waals surface area contributed by atoms with Crippen LogP contribution in [0.5, 0.6) is 0 Å². The van der Waals surface area contributed by atoms with Gasteiger partial charge in [-0.2, -0.15) is 5.10 Å². The van der Waals surface area contributed by atoms with Crippen molar-refractivity contribution in [1.29, 1.82) is 0 Å². The van der Waals surface area contributed by atoms with E-state index < -0.39 is 5.92 Å². The number of carbonyl (C=O) groups excluding carboxylic acids is 2. The number of rotatable bonds is 4. The highest BCUT2D eigenvalue weighted by molar-refractivity contribution is 6.03. The van der Waals surface area contributed by atoms with Gasteiger partial charge in [-0.05, 0) is 38.1 Å². The Hall–Kier alpha value is -3.41. The summed E-state index contributed by atoms with van der Waals surface area (Å²) in [6.07, 6.45) is 0.207. The van der Waals surface area contributed by atoms with E-state index in [2.05, 4.69) is 10.4 Å². The Balaban J connectivity index is 1.51. The molecule has 1 unspecified atom stereocenters. The van der Waals surface area contributed by atoms with Crippen molar-refractivity contribution >= 4 is 23.3 Å². The third-order valence-corrected chi connectivity index (χ3v) is 4.93. The summed E-state index contributed by atoms with van der Waals surface area (Å²) in [5, 5.41) is 7.43. The van der Waals surface area contributed by atoms with Crippen LogP contribution in [0.3, 0.4) is 0 Å². The lowest BCUT2D eigenvalue weighted by Crippen LogP contribution is -2.28. The number of hydrogen-bond acceptors (Lipinski definition) is 3. The zero-order chi connectivity index (χ0) is 19.7. The number of nitrogens with one attached hydrogen (secondary N) is 1. The van der Waals surface area contributed by atoms with Crippen molar-refractivity contribution in [3.8, 4) is 5.69 Å². The minimum absolute atomic E-state index is 0.0308.